The minimum Gasteiger partial charge on any atom is -0.462 e. The summed E-state index contributed by atoms with van der Waals surface area (Å²) in [5.41, 5.74) is 8.57. The van der Waals surface area contributed by atoms with Crippen molar-refractivity contribution in [1.82, 2.24) is 5.06 Å². The summed E-state index contributed by atoms with van der Waals surface area (Å²) in [5.74, 6) is -0.612. The number of nitrogens with zero attached hydrogens (tertiary/aromatic N) is 1. The zero-order valence-corrected chi connectivity index (χ0v) is 18.1. The molecule has 31 heavy (non-hydrogen) atoms. The van der Waals surface area contributed by atoms with Crippen molar-refractivity contribution in [2.24, 2.45) is 0 Å². The lowest BCUT2D eigenvalue weighted by Gasteiger charge is -2.20. The molecule has 0 fully saturated rings. The zero-order chi connectivity index (χ0) is 22.6. The van der Waals surface area contributed by atoms with E-state index in [-0.39, 0.29) is 31.1 Å². The quantitative estimate of drug-likeness (QED) is 0.316. The summed E-state index contributed by atoms with van der Waals surface area (Å²) in [5, 5.41) is 1.25. The van der Waals surface area contributed by atoms with Crippen LogP contribution in [0.5, 0.6) is 0 Å². The van der Waals surface area contributed by atoms with Gasteiger partial charge in [0.05, 0.1) is 12.2 Å². The fraction of sp³-hybridized carbons (Fsp3) is 0.375. The molecule has 0 saturated heterocycles. The van der Waals surface area contributed by atoms with Crippen molar-refractivity contribution in [2.75, 3.05) is 18.9 Å². The average Bonchev–Trinajstić information content (AvgIpc) is 2.78. The SMILES string of the molecule is CCOC(=O)c1cccc(CON(CC)C(=O)CCC(=O)CCc2ccc(N)cc2)c1. The molecule has 7 nitrogen and oxygen atoms in total. The van der Waals surface area contributed by atoms with E-state index in [0.717, 1.165) is 11.1 Å². The average molecular weight is 427 g/mol. The van der Waals surface area contributed by atoms with Crippen molar-refractivity contribution in [3.05, 3.63) is 65.2 Å². The molecule has 0 aromatic heterocycles. The van der Waals surface area contributed by atoms with Crippen LogP contribution >= 0.6 is 0 Å². The zero-order valence-electron chi connectivity index (χ0n) is 18.1. The first-order chi connectivity index (χ1) is 14.9. The Morgan fingerprint density at radius 2 is 1.68 bits per heavy atom. The molecule has 0 atom stereocenters. The van der Waals surface area contributed by atoms with E-state index in [1.54, 1.807) is 32.0 Å². The van der Waals surface area contributed by atoms with Crippen molar-refractivity contribution in [3.8, 4) is 0 Å². The van der Waals surface area contributed by atoms with Crippen LogP contribution in [-0.4, -0.2) is 35.9 Å². The minimum absolute atomic E-state index is 0.0309. The molecule has 0 spiro atoms. The number of Topliss-reactive ketones (excluding diaryl/α,β-unsaturated/α-hetero) is 1. The summed E-state index contributed by atoms with van der Waals surface area (Å²) >= 11 is 0. The molecule has 2 aromatic rings. The van der Waals surface area contributed by atoms with Gasteiger partial charge in [-0.25, -0.2) is 9.86 Å². The van der Waals surface area contributed by atoms with Crippen LogP contribution in [0.1, 0.15) is 54.6 Å². The monoisotopic (exact) mass is 426 g/mol. The molecule has 0 heterocycles. The normalized spacial score (nSPS) is 10.5. The molecule has 0 bridgehead atoms. The van der Waals surface area contributed by atoms with E-state index in [4.69, 9.17) is 15.3 Å². The maximum absolute atomic E-state index is 12.4. The molecule has 0 saturated carbocycles. The molecular weight excluding hydrogens is 396 g/mol. The first-order valence-corrected chi connectivity index (χ1v) is 10.5. The van der Waals surface area contributed by atoms with Gasteiger partial charge in [0.1, 0.15) is 12.4 Å². The van der Waals surface area contributed by atoms with Crippen LogP contribution in [0.3, 0.4) is 0 Å². The molecule has 0 aliphatic carbocycles. The first-order valence-electron chi connectivity index (χ1n) is 10.5. The summed E-state index contributed by atoms with van der Waals surface area (Å²) < 4.78 is 4.99. The molecule has 0 aliphatic heterocycles. The van der Waals surface area contributed by atoms with Gasteiger partial charge in [-0.2, -0.15) is 0 Å². The first kappa shape index (κ1) is 24.1. The molecule has 0 unspecified atom stereocenters. The maximum atomic E-state index is 12.4. The van der Waals surface area contributed by atoms with Gasteiger partial charge in [-0.3, -0.25) is 14.4 Å². The highest BCUT2D eigenvalue weighted by Gasteiger charge is 2.15. The molecule has 166 valence electrons. The number of hydrogen-bond donors (Lipinski definition) is 1. The number of aryl methyl sites for hydroxylation is 1. The van der Waals surface area contributed by atoms with Gasteiger partial charge >= 0.3 is 5.97 Å². The minimum atomic E-state index is -0.398. The van der Waals surface area contributed by atoms with Crippen molar-refractivity contribution in [3.63, 3.8) is 0 Å². The summed E-state index contributed by atoms with van der Waals surface area (Å²) in [6.07, 6.45) is 1.27. The van der Waals surface area contributed by atoms with Gasteiger partial charge < -0.3 is 10.5 Å². The molecule has 7 heteroatoms. The molecule has 1 amide bonds. The Kier molecular flexibility index (Phi) is 9.71. The van der Waals surface area contributed by atoms with E-state index in [1.165, 1.54) is 5.06 Å². The largest absolute Gasteiger partial charge is 0.462 e. The summed E-state index contributed by atoms with van der Waals surface area (Å²) in [6.45, 7) is 4.35. The van der Waals surface area contributed by atoms with E-state index < -0.39 is 5.97 Å². The number of nitrogens with two attached hydrogens (primary N) is 1. The fourth-order valence-electron chi connectivity index (χ4n) is 2.96. The smallest absolute Gasteiger partial charge is 0.338 e. The van der Waals surface area contributed by atoms with Crippen LogP contribution in [0.25, 0.3) is 0 Å². The fourth-order valence-corrected chi connectivity index (χ4v) is 2.96. The lowest BCUT2D eigenvalue weighted by molar-refractivity contribution is -0.190. The van der Waals surface area contributed by atoms with E-state index >= 15 is 0 Å². The summed E-state index contributed by atoms with van der Waals surface area (Å²) in [7, 11) is 0. The Bertz CT molecular complexity index is 880. The number of carbonyl (C=O) groups is 3. The number of hydrogen-bond acceptors (Lipinski definition) is 6. The van der Waals surface area contributed by atoms with E-state index in [2.05, 4.69) is 0 Å². The van der Waals surface area contributed by atoms with Gasteiger partial charge in [-0.1, -0.05) is 24.3 Å². The Balaban J connectivity index is 1.78. The number of nitrogen functional groups attached to an aromatic ring is 1. The number of carbonyl (C=O) groups excluding carboxylic acids is 3. The Hall–Kier alpha value is -3.19. The standard InChI is InChI=1S/C24H30N2O5/c1-3-26(31-17-19-6-5-7-20(16-19)24(29)30-4-2)23(28)15-14-22(27)13-10-18-8-11-21(25)12-9-18/h5-9,11-12,16H,3-4,10,13-15,17,25H2,1-2H3. The highest BCUT2D eigenvalue weighted by atomic mass is 16.7. The van der Waals surface area contributed by atoms with Crippen molar-refractivity contribution in [2.45, 2.75) is 46.1 Å². The van der Waals surface area contributed by atoms with Crippen molar-refractivity contribution < 1.29 is 24.0 Å². The predicted molar refractivity (Wildman–Crippen MR) is 118 cm³/mol. The molecular formula is C24H30N2O5. The van der Waals surface area contributed by atoms with Crippen LogP contribution in [-0.2, 0) is 32.2 Å². The van der Waals surface area contributed by atoms with E-state index in [9.17, 15) is 14.4 Å². The van der Waals surface area contributed by atoms with Gasteiger partial charge in [0, 0.05) is 31.5 Å². The number of anilines is 1. The highest BCUT2D eigenvalue weighted by Crippen LogP contribution is 2.12. The van der Waals surface area contributed by atoms with Gasteiger partial charge in [0.25, 0.3) is 0 Å². The molecule has 2 aromatic carbocycles. The third-order valence-corrected chi connectivity index (χ3v) is 4.68. The number of ketones is 1. The number of ether oxygens (including phenoxy) is 1. The van der Waals surface area contributed by atoms with Crippen molar-refractivity contribution in [1.29, 1.82) is 0 Å². The Morgan fingerprint density at radius 3 is 2.35 bits per heavy atom. The van der Waals surface area contributed by atoms with E-state index in [1.807, 2.05) is 30.3 Å². The van der Waals surface area contributed by atoms with Crippen LogP contribution in [0.15, 0.2) is 48.5 Å². The van der Waals surface area contributed by atoms with Gasteiger partial charge in [-0.05, 0) is 55.7 Å². The van der Waals surface area contributed by atoms with Gasteiger partial charge in [0.2, 0.25) is 5.91 Å². The number of amides is 1. The molecule has 0 radical (unpaired) electrons. The van der Waals surface area contributed by atoms with Crippen LogP contribution in [0.4, 0.5) is 5.69 Å². The number of hydroxylamine groups is 2. The molecule has 2 rings (SSSR count). The van der Waals surface area contributed by atoms with Crippen LogP contribution < -0.4 is 5.73 Å². The van der Waals surface area contributed by atoms with E-state index in [0.29, 0.717) is 37.2 Å². The topological polar surface area (TPSA) is 98.9 Å². The summed E-state index contributed by atoms with van der Waals surface area (Å²) in [4.78, 5) is 42.0. The highest BCUT2D eigenvalue weighted by molar-refractivity contribution is 5.89. The van der Waals surface area contributed by atoms with Gasteiger partial charge in [-0.15, -0.1) is 0 Å². The second kappa shape index (κ2) is 12.5. The van der Waals surface area contributed by atoms with Crippen molar-refractivity contribution >= 4 is 23.3 Å². The lowest BCUT2D eigenvalue weighted by Crippen LogP contribution is -2.31. The predicted octanol–water partition coefficient (Wildman–Crippen LogP) is 3.71. The molecule has 2 N–H and O–H groups in total. The van der Waals surface area contributed by atoms with Crippen LogP contribution in [0, 0.1) is 0 Å². The second-order valence-corrected chi connectivity index (χ2v) is 7.06. The number of benzene rings is 2. The Labute approximate surface area is 183 Å². The second-order valence-electron chi connectivity index (χ2n) is 7.06. The molecule has 0 aliphatic rings. The summed E-state index contributed by atoms with van der Waals surface area (Å²) in [6, 6.07) is 14.3. The van der Waals surface area contributed by atoms with Gasteiger partial charge in [0.15, 0.2) is 0 Å². The number of esters is 1. The third kappa shape index (κ3) is 8.22. The third-order valence-electron chi connectivity index (χ3n) is 4.68. The van der Waals surface area contributed by atoms with Crippen LogP contribution in [0.2, 0.25) is 0 Å². The lowest BCUT2D eigenvalue weighted by atomic mass is 10.0. The maximum Gasteiger partial charge on any atom is 0.338 e. The Morgan fingerprint density at radius 1 is 0.935 bits per heavy atom. The number of rotatable bonds is 12.